The van der Waals surface area contributed by atoms with Crippen molar-refractivity contribution in [1.29, 1.82) is 0 Å². The SMILES string of the molecule is CCOc1ccc(-c2ccc(C3(O)CCC(C4CCC(OC)(c5ccccc5)CC4)CC3)cc2)c(F)c1F. The van der Waals surface area contributed by atoms with E-state index in [0.717, 1.165) is 44.1 Å². The topological polar surface area (TPSA) is 38.7 Å². The molecule has 1 N–H and O–H groups in total. The molecule has 3 aromatic rings. The molecule has 0 spiro atoms. The third-order valence-electron chi connectivity index (χ3n) is 9.13. The van der Waals surface area contributed by atoms with E-state index < -0.39 is 17.2 Å². The summed E-state index contributed by atoms with van der Waals surface area (Å²) in [6.45, 7) is 2.00. The van der Waals surface area contributed by atoms with Gasteiger partial charge in [0.2, 0.25) is 5.82 Å². The molecule has 2 aliphatic rings. The normalized spacial score (nSPS) is 27.7. The Balaban J connectivity index is 1.21. The van der Waals surface area contributed by atoms with Crippen LogP contribution in [0.15, 0.2) is 66.7 Å². The molecular formula is C33H38F2O3. The molecule has 0 atom stereocenters. The molecule has 0 heterocycles. The number of methoxy groups -OCH3 is 1. The van der Waals surface area contributed by atoms with Crippen molar-refractivity contribution in [2.75, 3.05) is 13.7 Å². The number of halogens is 2. The van der Waals surface area contributed by atoms with Crippen molar-refractivity contribution in [3.8, 4) is 16.9 Å². The molecule has 2 saturated carbocycles. The first-order valence-corrected chi connectivity index (χ1v) is 13.9. The summed E-state index contributed by atoms with van der Waals surface area (Å²) in [6.07, 6.45) is 7.77. The van der Waals surface area contributed by atoms with E-state index in [1.165, 1.54) is 11.6 Å². The van der Waals surface area contributed by atoms with E-state index in [-0.39, 0.29) is 23.5 Å². The molecule has 38 heavy (non-hydrogen) atoms. The van der Waals surface area contributed by atoms with Gasteiger partial charge in [-0.3, -0.25) is 0 Å². The van der Waals surface area contributed by atoms with E-state index in [1.54, 1.807) is 25.1 Å². The fourth-order valence-electron chi connectivity index (χ4n) is 6.79. The lowest BCUT2D eigenvalue weighted by atomic mass is 9.65. The monoisotopic (exact) mass is 520 g/mol. The van der Waals surface area contributed by atoms with E-state index in [1.807, 2.05) is 25.3 Å². The van der Waals surface area contributed by atoms with Gasteiger partial charge in [0, 0.05) is 12.7 Å². The fourth-order valence-corrected chi connectivity index (χ4v) is 6.79. The number of benzene rings is 3. The van der Waals surface area contributed by atoms with Crippen LogP contribution in [0.3, 0.4) is 0 Å². The van der Waals surface area contributed by atoms with Gasteiger partial charge in [0.1, 0.15) is 0 Å². The van der Waals surface area contributed by atoms with Crippen molar-refractivity contribution in [2.45, 2.75) is 69.5 Å². The second-order valence-electron chi connectivity index (χ2n) is 11.0. The molecule has 2 aliphatic carbocycles. The summed E-state index contributed by atoms with van der Waals surface area (Å²) in [5.41, 5.74) is 1.82. The lowest BCUT2D eigenvalue weighted by molar-refractivity contribution is -0.0707. The summed E-state index contributed by atoms with van der Waals surface area (Å²) in [5.74, 6) is -0.699. The first-order chi connectivity index (χ1) is 18.4. The van der Waals surface area contributed by atoms with Crippen LogP contribution >= 0.6 is 0 Å². The number of aliphatic hydroxyl groups is 1. The first-order valence-electron chi connectivity index (χ1n) is 13.9. The van der Waals surface area contributed by atoms with Gasteiger partial charge in [-0.1, -0.05) is 54.6 Å². The fraction of sp³-hybridized carbons (Fsp3) is 0.455. The molecule has 0 aromatic heterocycles. The summed E-state index contributed by atoms with van der Waals surface area (Å²) in [6, 6.07) is 20.8. The number of rotatable bonds is 7. The molecule has 3 nitrogen and oxygen atoms in total. The standard InChI is InChI=1S/C33H38F2O3/c1-3-38-29-14-13-28(30(34)31(29)35)25-9-11-26(12-10-25)32(36)19-15-23(16-20-32)24-17-21-33(37-2,22-18-24)27-7-5-4-6-8-27/h4-14,23-24,36H,3,15-22H2,1-2H3. The smallest absolute Gasteiger partial charge is 0.201 e. The third-order valence-corrected chi connectivity index (χ3v) is 9.13. The van der Waals surface area contributed by atoms with Gasteiger partial charge in [0.25, 0.3) is 0 Å². The summed E-state index contributed by atoms with van der Waals surface area (Å²) in [5, 5.41) is 11.5. The highest BCUT2D eigenvalue weighted by atomic mass is 19.2. The predicted molar refractivity (Wildman–Crippen MR) is 146 cm³/mol. The Kier molecular flexibility index (Phi) is 7.88. The Morgan fingerprint density at radius 3 is 1.95 bits per heavy atom. The van der Waals surface area contributed by atoms with Crippen LogP contribution < -0.4 is 4.74 Å². The van der Waals surface area contributed by atoms with Gasteiger partial charge in [0.15, 0.2) is 11.6 Å². The van der Waals surface area contributed by atoms with E-state index in [2.05, 4.69) is 24.3 Å². The van der Waals surface area contributed by atoms with Gasteiger partial charge in [-0.2, -0.15) is 4.39 Å². The zero-order chi connectivity index (χ0) is 26.8. The van der Waals surface area contributed by atoms with Gasteiger partial charge < -0.3 is 14.6 Å². The van der Waals surface area contributed by atoms with E-state index in [0.29, 0.717) is 30.2 Å². The van der Waals surface area contributed by atoms with E-state index in [9.17, 15) is 13.9 Å². The molecule has 0 amide bonds. The molecule has 0 radical (unpaired) electrons. The highest BCUT2D eigenvalue weighted by Crippen LogP contribution is 2.49. The molecule has 5 heteroatoms. The van der Waals surface area contributed by atoms with Crippen molar-refractivity contribution in [3.63, 3.8) is 0 Å². The highest BCUT2D eigenvalue weighted by molar-refractivity contribution is 5.65. The molecule has 202 valence electrons. The summed E-state index contributed by atoms with van der Waals surface area (Å²) in [7, 11) is 1.83. The Labute approximate surface area is 224 Å². The molecule has 3 aromatic carbocycles. The Morgan fingerprint density at radius 1 is 0.763 bits per heavy atom. The predicted octanol–water partition coefficient (Wildman–Crippen LogP) is 8.14. The molecule has 0 aliphatic heterocycles. The summed E-state index contributed by atoms with van der Waals surface area (Å²) in [4.78, 5) is 0. The van der Waals surface area contributed by atoms with Crippen LogP contribution in [0.1, 0.15) is 69.4 Å². The van der Waals surface area contributed by atoms with Gasteiger partial charge in [-0.05, 0) is 98.9 Å². The van der Waals surface area contributed by atoms with Crippen molar-refractivity contribution < 1.29 is 23.4 Å². The van der Waals surface area contributed by atoms with Gasteiger partial charge >= 0.3 is 0 Å². The van der Waals surface area contributed by atoms with Crippen molar-refractivity contribution >= 4 is 0 Å². The van der Waals surface area contributed by atoms with Crippen LogP contribution in [-0.4, -0.2) is 18.8 Å². The minimum absolute atomic E-state index is 0.0811. The maximum atomic E-state index is 14.7. The summed E-state index contributed by atoms with van der Waals surface area (Å²) < 4.78 is 40.3. The number of hydrogen-bond donors (Lipinski definition) is 1. The lowest BCUT2D eigenvalue weighted by Crippen LogP contribution is -2.38. The second-order valence-corrected chi connectivity index (χ2v) is 11.0. The van der Waals surface area contributed by atoms with Crippen LogP contribution in [0.25, 0.3) is 11.1 Å². The van der Waals surface area contributed by atoms with Crippen LogP contribution in [0.4, 0.5) is 8.78 Å². The molecule has 5 rings (SSSR count). The number of ether oxygens (including phenoxy) is 2. The van der Waals surface area contributed by atoms with E-state index in [4.69, 9.17) is 9.47 Å². The molecular weight excluding hydrogens is 482 g/mol. The molecule has 0 bridgehead atoms. The number of hydrogen-bond acceptors (Lipinski definition) is 3. The average Bonchev–Trinajstić information content (AvgIpc) is 2.97. The Hall–Kier alpha value is -2.76. The minimum atomic E-state index is -0.973. The zero-order valence-corrected chi connectivity index (χ0v) is 22.4. The average molecular weight is 521 g/mol. The van der Waals surface area contributed by atoms with Gasteiger partial charge in [0.05, 0.1) is 17.8 Å². The quantitative estimate of drug-likeness (QED) is 0.342. The zero-order valence-electron chi connectivity index (χ0n) is 22.4. The van der Waals surface area contributed by atoms with Crippen molar-refractivity contribution in [1.82, 2.24) is 0 Å². The van der Waals surface area contributed by atoms with E-state index >= 15 is 0 Å². The maximum Gasteiger partial charge on any atom is 0.201 e. The molecule has 0 unspecified atom stereocenters. The summed E-state index contributed by atoms with van der Waals surface area (Å²) >= 11 is 0. The Bertz CT molecular complexity index is 1210. The minimum Gasteiger partial charge on any atom is -0.491 e. The van der Waals surface area contributed by atoms with Crippen LogP contribution in [0.2, 0.25) is 0 Å². The molecule has 0 saturated heterocycles. The van der Waals surface area contributed by atoms with Crippen LogP contribution in [0.5, 0.6) is 5.75 Å². The second kappa shape index (κ2) is 11.2. The van der Waals surface area contributed by atoms with Crippen LogP contribution in [-0.2, 0) is 15.9 Å². The third kappa shape index (κ3) is 5.11. The van der Waals surface area contributed by atoms with Gasteiger partial charge in [-0.15, -0.1) is 0 Å². The maximum absolute atomic E-state index is 14.7. The highest BCUT2D eigenvalue weighted by Gasteiger charge is 2.42. The molecule has 2 fully saturated rings. The first kappa shape index (κ1) is 26.8. The van der Waals surface area contributed by atoms with Crippen LogP contribution in [0, 0.1) is 23.5 Å². The van der Waals surface area contributed by atoms with Crippen molar-refractivity contribution in [3.05, 3.63) is 89.5 Å². The largest absolute Gasteiger partial charge is 0.491 e. The Morgan fingerprint density at radius 2 is 1.37 bits per heavy atom. The van der Waals surface area contributed by atoms with Gasteiger partial charge in [-0.25, -0.2) is 4.39 Å². The lowest BCUT2D eigenvalue weighted by Gasteiger charge is -2.45. The van der Waals surface area contributed by atoms with Crippen molar-refractivity contribution in [2.24, 2.45) is 11.8 Å².